The largest absolute Gasteiger partial charge is 0.469 e. The summed E-state index contributed by atoms with van der Waals surface area (Å²) in [6.07, 6.45) is 2.42. The molecule has 0 heterocycles. The third-order valence-electron chi connectivity index (χ3n) is 1.63. The minimum atomic E-state index is -0.481. The number of ether oxygens (including phenoxy) is 1. The Bertz CT molecular complexity index is 191. The average molecular weight is 191 g/mol. The molecule has 2 nitrogen and oxygen atoms in total. The first-order chi connectivity index (χ1) is 5.40. The van der Waals surface area contributed by atoms with E-state index in [1.807, 2.05) is 19.9 Å². The van der Waals surface area contributed by atoms with Gasteiger partial charge in [-0.1, -0.05) is 17.7 Å². The minimum Gasteiger partial charge on any atom is -0.469 e. The Morgan fingerprint density at radius 3 is 2.42 bits per heavy atom. The lowest BCUT2D eigenvalue weighted by atomic mass is 9.89. The molecule has 0 atom stereocenters. The molecule has 0 rings (SSSR count). The molecule has 12 heavy (non-hydrogen) atoms. The van der Waals surface area contributed by atoms with Gasteiger partial charge in [-0.2, -0.15) is 0 Å². The van der Waals surface area contributed by atoms with Crippen LogP contribution in [0.15, 0.2) is 11.1 Å². The van der Waals surface area contributed by atoms with Crippen LogP contribution >= 0.6 is 11.6 Å². The molecule has 0 bridgehead atoms. The third-order valence-corrected chi connectivity index (χ3v) is 1.79. The number of hydrogen-bond acceptors (Lipinski definition) is 2. The maximum atomic E-state index is 11.2. The molecule has 70 valence electrons. The standard InChI is InChI=1S/C9H15ClO2/c1-7(10)5-6-9(2,3)8(11)12-4/h5H,6H2,1-4H3. The Hall–Kier alpha value is -0.500. The summed E-state index contributed by atoms with van der Waals surface area (Å²) in [6.45, 7) is 5.44. The van der Waals surface area contributed by atoms with E-state index >= 15 is 0 Å². The van der Waals surface area contributed by atoms with Crippen molar-refractivity contribution in [2.75, 3.05) is 7.11 Å². The molecule has 0 amide bonds. The van der Waals surface area contributed by atoms with E-state index in [4.69, 9.17) is 11.6 Å². The third kappa shape index (κ3) is 3.77. The highest BCUT2D eigenvalue weighted by atomic mass is 35.5. The summed E-state index contributed by atoms with van der Waals surface area (Å²) in [5, 5.41) is 0.701. The number of allylic oxidation sites excluding steroid dienone is 2. The number of carbonyl (C=O) groups excluding carboxylic acids is 1. The van der Waals surface area contributed by atoms with Gasteiger partial charge in [0.1, 0.15) is 0 Å². The zero-order valence-electron chi connectivity index (χ0n) is 7.98. The first kappa shape index (κ1) is 11.5. The summed E-state index contributed by atoms with van der Waals surface area (Å²) >= 11 is 5.64. The first-order valence-corrected chi connectivity index (χ1v) is 4.18. The van der Waals surface area contributed by atoms with Crippen molar-refractivity contribution in [1.82, 2.24) is 0 Å². The Balaban J connectivity index is 4.22. The van der Waals surface area contributed by atoms with Crippen molar-refractivity contribution >= 4 is 17.6 Å². The number of halogens is 1. The van der Waals surface area contributed by atoms with E-state index in [2.05, 4.69) is 4.74 Å². The van der Waals surface area contributed by atoms with Crippen molar-refractivity contribution in [3.8, 4) is 0 Å². The van der Waals surface area contributed by atoms with Crippen molar-refractivity contribution in [3.05, 3.63) is 11.1 Å². The number of rotatable bonds is 3. The summed E-state index contributed by atoms with van der Waals surface area (Å²) in [7, 11) is 1.39. The van der Waals surface area contributed by atoms with Gasteiger partial charge in [-0.25, -0.2) is 0 Å². The van der Waals surface area contributed by atoms with Crippen molar-refractivity contribution in [1.29, 1.82) is 0 Å². The Labute approximate surface area is 78.5 Å². The van der Waals surface area contributed by atoms with Crippen LogP contribution in [0.2, 0.25) is 0 Å². The fourth-order valence-corrected chi connectivity index (χ4v) is 0.833. The zero-order valence-corrected chi connectivity index (χ0v) is 8.73. The van der Waals surface area contributed by atoms with Crippen LogP contribution in [0.4, 0.5) is 0 Å². The SMILES string of the molecule is COC(=O)C(C)(C)CC=C(C)Cl. The Kier molecular flexibility index (Phi) is 4.32. The second kappa shape index (κ2) is 4.51. The molecule has 0 N–H and O–H groups in total. The lowest BCUT2D eigenvalue weighted by molar-refractivity contribution is -0.150. The highest BCUT2D eigenvalue weighted by Gasteiger charge is 2.26. The van der Waals surface area contributed by atoms with Crippen molar-refractivity contribution in [2.24, 2.45) is 5.41 Å². The fourth-order valence-electron chi connectivity index (χ4n) is 0.755. The normalized spacial score (nSPS) is 12.9. The average Bonchev–Trinajstić information content (AvgIpc) is 1.99. The van der Waals surface area contributed by atoms with Crippen molar-refractivity contribution in [3.63, 3.8) is 0 Å². The second-order valence-electron chi connectivity index (χ2n) is 3.37. The molecule has 0 aliphatic rings. The zero-order chi connectivity index (χ0) is 9.78. The summed E-state index contributed by atoms with van der Waals surface area (Å²) in [5.41, 5.74) is -0.481. The van der Waals surface area contributed by atoms with Gasteiger partial charge in [0.2, 0.25) is 0 Å². The molecule has 0 aromatic rings. The molecule has 0 spiro atoms. The van der Waals surface area contributed by atoms with Crippen LogP contribution in [-0.4, -0.2) is 13.1 Å². The predicted octanol–water partition coefficient (Wildman–Crippen LogP) is 2.72. The van der Waals surface area contributed by atoms with Gasteiger partial charge in [0.15, 0.2) is 0 Å². The molecule has 0 aromatic carbocycles. The molecular formula is C9H15ClO2. The van der Waals surface area contributed by atoms with E-state index in [0.29, 0.717) is 11.5 Å². The van der Waals surface area contributed by atoms with E-state index in [1.165, 1.54) is 7.11 Å². The highest BCUT2D eigenvalue weighted by molar-refractivity contribution is 6.29. The van der Waals surface area contributed by atoms with E-state index in [0.717, 1.165) is 0 Å². The van der Waals surface area contributed by atoms with Crippen LogP contribution < -0.4 is 0 Å². The first-order valence-electron chi connectivity index (χ1n) is 3.81. The molecule has 0 saturated carbocycles. The summed E-state index contributed by atoms with van der Waals surface area (Å²) in [6, 6.07) is 0. The number of methoxy groups -OCH3 is 1. The topological polar surface area (TPSA) is 26.3 Å². The Morgan fingerprint density at radius 1 is 1.58 bits per heavy atom. The number of esters is 1. The second-order valence-corrected chi connectivity index (χ2v) is 3.97. The fraction of sp³-hybridized carbons (Fsp3) is 0.667. The van der Waals surface area contributed by atoms with Gasteiger partial charge in [-0.3, -0.25) is 4.79 Å². The van der Waals surface area contributed by atoms with Gasteiger partial charge >= 0.3 is 5.97 Å². The predicted molar refractivity (Wildman–Crippen MR) is 50.0 cm³/mol. The van der Waals surface area contributed by atoms with Crippen LogP contribution in [0.1, 0.15) is 27.2 Å². The maximum Gasteiger partial charge on any atom is 0.311 e. The van der Waals surface area contributed by atoms with Gasteiger partial charge in [0.25, 0.3) is 0 Å². The molecule has 0 saturated heterocycles. The maximum absolute atomic E-state index is 11.2. The van der Waals surface area contributed by atoms with Crippen LogP contribution in [0.5, 0.6) is 0 Å². The van der Waals surface area contributed by atoms with Gasteiger partial charge in [0.05, 0.1) is 12.5 Å². The molecule has 0 aromatic heterocycles. The molecule has 3 heteroatoms. The van der Waals surface area contributed by atoms with Gasteiger partial charge in [-0.15, -0.1) is 0 Å². The van der Waals surface area contributed by atoms with Crippen LogP contribution in [-0.2, 0) is 9.53 Å². The Morgan fingerprint density at radius 2 is 2.08 bits per heavy atom. The smallest absolute Gasteiger partial charge is 0.311 e. The molecule has 0 unspecified atom stereocenters. The van der Waals surface area contributed by atoms with Crippen molar-refractivity contribution in [2.45, 2.75) is 27.2 Å². The summed E-state index contributed by atoms with van der Waals surface area (Å²) in [4.78, 5) is 11.2. The van der Waals surface area contributed by atoms with Crippen LogP contribution in [0.25, 0.3) is 0 Å². The number of hydrogen-bond donors (Lipinski definition) is 0. The molecular weight excluding hydrogens is 176 g/mol. The lowest BCUT2D eigenvalue weighted by Gasteiger charge is -2.19. The minimum absolute atomic E-state index is 0.211. The van der Waals surface area contributed by atoms with E-state index in [-0.39, 0.29) is 5.97 Å². The monoisotopic (exact) mass is 190 g/mol. The van der Waals surface area contributed by atoms with Crippen LogP contribution in [0, 0.1) is 5.41 Å². The summed E-state index contributed by atoms with van der Waals surface area (Å²) in [5.74, 6) is -0.211. The summed E-state index contributed by atoms with van der Waals surface area (Å²) < 4.78 is 4.64. The van der Waals surface area contributed by atoms with Gasteiger partial charge < -0.3 is 4.74 Å². The molecule has 0 aliphatic heterocycles. The van der Waals surface area contributed by atoms with Crippen molar-refractivity contribution < 1.29 is 9.53 Å². The van der Waals surface area contributed by atoms with E-state index < -0.39 is 5.41 Å². The molecule has 0 aliphatic carbocycles. The van der Waals surface area contributed by atoms with Gasteiger partial charge in [0, 0.05) is 5.03 Å². The van der Waals surface area contributed by atoms with Gasteiger partial charge in [-0.05, 0) is 27.2 Å². The number of carbonyl (C=O) groups is 1. The van der Waals surface area contributed by atoms with Crippen LogP contribution in [0.3, 0.4) is 0 Å². The lowest BCUT2D eigenvalue weighted by Crippen LogP contribution is -2.24. The quantitative estimate of drug-likeness (QED) is 0.640. The van der Waals surface area contributed by atoms with E-state index in [1.54, 1.807) is 6.92 Å². The highest BCUT2D eigenvalue weighted by Crippen LogP contribution is 2.23. The molecule has 0 radical (unpaired) electrons. The molecule has 0 fully saturated rings. The van der Waals surface area contributed by atoms with E-state index in [9.17, 15) is 4.79 Å².